The van der Waals surface area contributed by atoms with Gasteiger partial charge in [0, 0.05) is 18.7 Å². The predicted octanol–water partition coefficient (Wildman–Crippen LogP) is 2.09. The van der Waals surface area contributed by atoms with E-state index in [-0.39, 0.29) is 12.0 Å². The summed E-state index contributed by atoms with van der Waals surface area (Å²) in [4.78, 5) is 14.2. The van der Waals surface area contributed by atoms with Crippen LogP contribution in [-0.2, 0) is 4.74 Å². The average molecular weight is 261 g/mol. The second kappa shape index (κ2) is 5.61. The summed E-state index contributed by atoms with van der Waals surface area (Å²) in [6, 6.07) is 7.42. The Morgan fingerprint density at radius 2 is 1.89 bits per heavy atom. The van der Waals surface area contributed by atoms with Gasteiger partial charge in [-0.05, 0) is 43.5 Å². The van der Waals surface area contributed by atoms with Crippen LogP contribution in [0.1, 0.15) is 29.6 Å². The van der Waals surface area contributed by atoms with E-state index in [1.54, 1.807) is 0 Å². The van der Waals surface area contributed by atoms with Crippen molar-refractivity contribution < 1.29 is 14.3 Å². The highest BCUT2D eigenvalue weighted by Crippen LogP contribution is 2.18. The molecule has 1 atom stereocenters. The van der Waals surface area contributed by atoms with Crippen LogP contribution in [-0.4, -0.2) is 43.2 Å². The molecule has 1 aromatic carbocycles. The number of carbonyl (C=O) groups excluding carboxylic acids is 1. The fraction of sp³-hybridized carbons (Fsp3) is 0.533. The Morgan fingerprint density at radius 1 is 1.21 bits per heavy atom. The summed E-state index contributed by atoms with van der Waals surface area (Å²) >= 11 is 0. The van der Waals surface area contributed by atoms with Crippen LogP contribution >= 0.6 is 0 Å². The van der Waals surface area contributed by atoms with Gasteiger partial charge in [0.25, 0.3) is 5.91 Å². The quantitative estimate of drug-likeness (QED) is 0.779. The molecule has 0 spiro atoms. The van der Waals surface area contributed by atoms with Crippen molar-refractivity contribution in [1.29, 1.82) is 0 Å². The predicted molar refractivity (Wildman–Crippen MR) is 71.4 cm³/mol. The van der Waals surface area contributed by atoms with Crippen molar-refractivity contribution in [3.8, 4) is 5.75 Å². The molecule has 0 aromatic heterocycles. The monoisotopic (exact) mass is 261 g/mol. The van der Waals surface area contributed by atoms with Gasteiger partial charge in [-0.3, -0.25) is 4.79 Å². The minimum absolute atomic E-state index is 0.136. The van der Waals surface area contributed by atoms with E-state index in [1.807, 2.05) is 29.2 Å². The first-order valence-corrected chi connectivity index (χ1v) is 6.97. The maximum Gasteiger partial charge on any atom is 0.253 e. The zero-order chi connectivity index (χ0) is 13.1. The van der Waals surface area contributed by atoms with E-state index in [9.17, 15) is 4.79 Å². The topological polar surface area (TPSA) is 42.1 Å². The Balaban J connectivity index is 1.58. The molecule has 0 N–H and O–H groups in total. The van der Waals surface area contributed by atoms with Gasteiger partial charge in [0.1, 0.15) is 18.5 Å². The van der Waals surface area contributed by atoms with E-state index in [2.05, 4.69) is 0 Å². The van der Waals surface area contributed by atoms with Crippen molar-refractivity contribution in [2.24, 2.45) is 0 Å². The van der Waals surface area contributed by atoms with Crippen LogP contribution in [0.25, 0.3) is 0 Å². The lowest BCUT2D eigenvalue weighted by Crippen LogP contribution is -2.35. The summed E-state index contributed by atoms with van der Waals surface area (Å²) in [5, 5.41) is 0. The van der Waals surface area contributed by atoms with Crippen LogP contribution in [0.15, 0.2) is 24.3 Å². The summed E-state index contributed by atoms with van der Waals surface area (Å²) in [6.07, 6.45) is 3.73. The Kier molecular flexibility index (Phi) is 3.69. The van der Waals surface area contributed by atoms with Crippen molar-refractivity contribution in [3.05, 3.63) is 29.8 Å². The summed E-state index contributed by atoms with van der Waals surface area (Å²) in [6.45, 7) is 3.16. The van der Waals surface area contributed by atoms with E-state index >= 15 is 0 Å². The lowest BCUT2D eigenvalue weighted by molar-refractivity contribution is 0.0724. The Labute approximate surface area is 113 Å². The molecule has 2 saturated heterocycles. The molecule has 2 aliphatic heterocycles. The third-order valence-electron chi connectivity index (χ3n) is 3.58. The van der Waals surface area contributed by atoms with E-state index in [1.165, 1.54) is 6.42 Å². The van der Waals surface area contributed by atoms with E-state index in [0.29, 0.717) is 6.61 Å². The van der Waals surface area contributed by atoms with Crippen molar-refractivity contribution in [1.82, 2.24) is 4.90 Å². The molecule has 1 amide bonds. The number of amides is 1. The molecule has 102 valence electrons. The summed E-state index contributed by atoms with van der Waals surface area (Å²) < 4.78 is 10.6. The number of rotatable bonds is 4. The van der Waals surface area contributed by atoms with Crippen molar-refractivity contribution >= 4 is 5.91 Å². The molecule has 2 heterocycles. The molecule has 2 aliphatic rings. The van der Waals surface area contributed by atoms with Crippen LogP contribution in [0, 0.1) is 0 Å². The van der Waals surface area contributed by atoms with Crippen molar-refractivity contribution in [2.45, 2.75) is 25.4 Å². The molecule has 0 radical (unpaired) electrons. The molecule has 1 unspecified atom stereocenters. The Morgan fingerprint density at radius 3 is 2.53 bits per heavy atom. The van der Waals surface area contributed by atoms with Crippen LogP contribution < -0.4 is 4.74 Å². The molecular formula is C15H19NO3. The minimum atomic E-state index is 0.136. The number of hydrogen-bond donors (Lipinski definition) is 0. The zero-order valence-electron chi connectivity index (χ0n) is 11.0. The number of nitrogens with zero attached hydrogens (tertiary/aromatic N) is 1. The second-order valence-electron chi connectivity index (χ2n) is 5.14. The first-order valence-electron chi connectivity index (χ1n) is 6.97. The molecule has 0 aliphatic carbocycles. The van der Waals surface area contributed by atoms with Gasteiger partial charge in [-0.15, -0.1) is 0 Å². The van der Waals surface area contributed by atoms with Gasteiger partial charge >= 0.3 is 0 Å². The molecule has 19 heavy (non-hydrogen) atoms. The van der Waals surface area contributed by atoms with Gasteiger partial charge in [0.05, 0.1) is 6.61 Å². The lowest BCUT2D eigenvalue weighted by atomic mass is 10.1. The van der Waals surface area contributed by atoms with Gasteiger partial charge in [0.2, 0.25) is 0 Å². The number of epoxide rings is 1. The number of benzene rings is 1. The Hall–Kier alpha value is -1.55. The SMILES string of the molecule is O=C(c1ccc(OCC2CO2)cc1)N1CCCCC1. The highest BCUT2D eigenvalue weighted by molar-refractivity contribution is 5.94. The van der Waals surface area contributed by atoms with Gasteiger partial charge in [0.15, 0.2) is 0 Å². The number of hydrogen-bond acceptors (Lipinski definition) is 3. The van der Waals surface area contributed by atoms with Crippen LogP contribution in [0.3, 0.4) is 0 Å². The number of ether oxygens (including phenoxy) is 2. The maximum absolute atomic E-state index is 12.3. The van der Waals surface area contributed by atoms with Gasteiger partial charge in [-0.2, -0.15) is 0 Å². The van der Waals surface area contributed by atoms with E-state index in [0.717, 1.165) is 43.9 Å². The fourth-order valence-electron chi connectivity index (χ4n) is 2.33. The van der Waals surface area contributed by atoms with E-state index < -0.39 is 0 Å². The number of piperidine rings is 1. The average Bonchev–Trinajstić information content (AvgIpc) is 3.30. The second-order valence-corrected chi connectivity index (χ2v) is 5.14. The van der Waals surface area contributed by atoms with E-state index in [4.69, 9.17) is 9.47 Å². The summed E-state index contributed by atoms with van der Waals surface area (Å²) in [5.74, 6) is 0.933. The molecule has 0 saturated carbocycles. The first kappa shape index (κ1) is 12.5. The molecule has 4 heteroatoms. The normalized spacial score (nSPS) is 22.1. The zero-order valence-corrected chi connectivity index (χ0v) is 11.0. The number of carbonyl (C=O) groups is 1. The molecule has 4 nitrogen and oxygen atoms in total. The summed E-state index contributed by atoms with van der Waals surface area (Å²) in [5.41, 5.74) is 0.747. The van der Waals surface area contributed by atoms with Crippen LogP contribution in [0.5, 0.6) is 5.75 Å². The standard InChI is InChI=1S/C15H19NO3/c17-15(16-8-2-1-3-9-16)12-4-6-13(7-5-12)18-10-14-11-19-14/h4-7,14H,1-3,8-11H2. The molecule has 3 rings (SSSR count). The van der Waals surface area contributed by atoms with Crippen molar-refractivity contribution in [2.75, 3.05) is 26.3 Å². The van der Waals surface area contributed by atoms with Gasteiger partial charge in [-0.1, -0.05) is 0 Å². The molecular weight excluding hydrogens is 242 g/mol. The van der Waals surface area contributed by atoms with Crippen molar-refractivity contribution in [3.63, 3.8) is 0 Å². The third kappa shape index (κ3) is 3.26. The van der Waals surface area contributed by atoms with Gasteiger partial charge < -0.3 is 14.4 Å². The largest absolute Gasteiger partial charge is 0.491 e. The molecule has 1 aromatic rings. The molecule has 2 fully saturated rings. The highest BCUT2D eigenvalue weighted by atomic mass is 16.6. The van der Waals surface area contributed by atoms with Crippen LogP contribution in [0.2, 0.25) is 0 Å². The first-order chi connectivity index (χ1) is 9.33. The van der Waals surface area contributed by atoms with Gasteiger partial charge in [-0.25, -0.2) is 0 Å². The van der Waals surface area contributed by atoms with Crippen LogP contribution in [0.4, 0.5) is 0 Å². The minimum Gasteiger partial charge on any atom is -0.491 e. The lowest BCUT2D eigenvalue weighted by Gasteiger charge is -2.26. The Bertz CT molecular complexity index is 433. The fourth-order valence-corrected chi connectivity index (χ4v) is 2.33. The smallest absolute Gasteiger partial charge is 0.253 e. The number of likely N-dealkylation sites (tertiary alicyclic amines) is 1. The maximum atomic E-state index is 12.3. The molecule has 0 bridgehead atoms. The summed E-state index contributed by atoms with van der Waals surface area (Å²) in [7, 11) is 0. The third-order valence-corrected chi connectivity index (χ3v) is 3.58. The highest BCUT2D eigenvalue weighted by Gasteiger charge is 2.23.